The molecular formula is C26H22N4O3. The van der Waals surface area contributed by atoms with Crippen LogP contribution in [0, 0.1) is 11.3 Å². The Bertz CT molecular complexity index is 1240. The van der Waals surface area contributed by atoms with Gasteiger partial charge in [0.2, 0.25) is 0 Å². The number of para-hydroxylation sites is 1. The number of nitrogens with one attached hydrogen (secondary N) is 2. The first-order chi connectivity index (χ1) is 16.0. The predicted molar refractivity (Wildman–Crippen MR) is 126 cm³/mol. The molecule has 0 unspecified atom stereocenters. The second-order valence-corrected chi connectivity index (χ2v) is 7.47. The number of anilines is 2. The summed E-state index contributed by atoms with van der Waals surface area (Å²) in [5, 5.41) is 15.0. The molecule has 0 radical (unpaired) electrons. The number of rotatable bonds is 5. The zero-order valence-electron chi connectivity index (χ0n) is 18.2. The summed E-state index contributed by atoms with van der Waals surface area (Å²) in [6, 6.07) is 24.0. The van der Waals surface area contributed by atoms with Crippen molar-refractivity contribution in [3.05, 3.63) is 101 Å². The molecule has 1 atom stereocenters. The molecule has 3 aromatic rings. The average molecular weight is 438 g/mol. The van der Waals surface area contributed by atoms with E-state index in [1.54, 1.807) is 74.7 Å². The van der Waals surface area contributed by atoms with Crippen LogP contribution >= 0.6 is 0 Å². The summed E-state index contributed by atoms with van der Waals surface area (Å²) < 4.78 is 5.21. The zero-order chi connectivity index (χ0) is 23.4. The van der Waals surface area contributed by atoms with Gasteiger partial charge in [-0.1, -0.05) is 30.3 Å². The Morgan fingerprint density at radius 2 is 1.70 bits per heavy atom. The Hall–Kier alpha value is -4.57. The molecule has 3 amide bonds. The van der Waals surface area contributed by atoms with E-state index in [9.17, 15) is 9.59 Å². The van der Waals surface area contributed by atoms with Crippen molar-refractivity contribution in [2.75, 3.05) is 17.3 Å². The highest BCUT2D eigenvalue weighted by Gasteiger charge is 2.36. The van der Waals surface area contributed by atoms with Crippen molar-refractivity contribution < 1.29 is 14.3 Å². The highest BCUT2D eigenvalue weighted by Crippen LogP contribution is 2.34. The quantitative estimate of drug-likeness (QED) is 0.601. The number of carbonyl (C=O) groups excluding carboxylic acids is 2. The summed E-state index contributed by atoms with van der Waals surface area (Å²) >= 11 is 0. The Labute approximate surface area is 191 Å². The molecular weight excluding hydrogens is 416 g/mol. The number of methoxy groups -OCH3 is 1. The van der Waals surface area contributed by atoms with E-state index in [1.807, 2.05) is 18.2 Å². The highest BCUT2D eigenvalue weighted by molar-refractivity contribution is 6.09. The van der Waals surface area contributed by atoms with Gasteiger partial charge in [0.05, 0.1) is 36.0 Å². The smallest absolute Gasteiger partial charge is 0.326 e. The van der Waals surface area contributed by atoms with Crippen molar-refractivity contribution in [3.63, 3.8) is 0 Å². The van der Waals surface area contributed by atoms with Crippen molar-refractivity contribution in [1.29, 1.82) is 5.26 Å². The van der Waals surface area contributed by atoms with E-state index >= 15 is 0 Å². The second-order valence-electron chi connectivity index (χ2n) is 7.47. The van der Waals surface area contributed by atoms with Crippen LogP contribution in [0.4, 0.5) is 16.2 Å². The number of benzene rings is 3. The summed E-state index contributed by atoms with van der Waals surface area (Å²) in [5.74, 6) is 0.335. The Kier molecular flexibility index (Phi) is 6.09. The number of allylic oxidation sites excluding steroid dienone is 1. The van der Waals surface area contributed by atoms with E-state index in [0.29, 0.717) is 39.5 Å². The van der Waals surface area contributed by atoms with Gasteiger partial charge in [0.15, 0.2) is 0 Å². The Morgan fingerprint density at radius 3 is 2.30 bits per heavy atom. The third-order valence-corrected chi connectivity index (χ3v) is 5.46. The van der Waals surface area contributed by atoms with Gasteiger partial charge in [-0.25, -0.2) is 4.79 Å². The van der Waals surface area contributed by atoms with Crippen molar-refractivity contribution in [2.45, 2.75) is 13.0 Å². The molecule has 1 heterocycles. The van der Waals surface area contributed by atoms with Crippen molar-refractivity contribution >= 4 is 23.3 Å². The molecule has 33 heavy (non-hydrogen) atoms. The van der Waals surface area contributed by atoms with E-state index < -0.39 is 6.04 Å². The minimum Gasteiger partial charge on any atom is -0.497 e. The fourth-order valence-corrected chi connectivity index (χ4v) is 3.80. The normalized spacial score (nSPS) is 15.5. The van der Waals surface area contributed by atoms with E-state index in [2.05, 4.69) is 16.7 Å². The maximum Gasteiger partial charge on any atom is 0.326 e. The van der Waals surface area contributed by atoms with Crippen LogP contribution in [-0.2, 0) is 4.79 Å². The molecule has 2 N–H and O–H groups in total. The molecule has 1 aliphatic heterocycles. The van der Waals surface area contributed by atoms with Crippen LogP contribution < -0.4 is 20.3 Å². The molecule has 7 heteroatoms. The maximum atomic E-state index is 13.4. The third-order valence-electron chi connectivity index (χ3n) is 5.46. The first kappa shape index (κ1) is 21.7. The van der Waals surface area contributed by atoms with Gasteiger partial charge >= 0.3 is 6.03 Å². The van der Waals surface area contributed by atoms with E-state index in [-0.39, 0.29) is 11.9 Å². The summed E-state index contributed by atoms with van der Waals surface area (Å²) in [4.78, 5) is 28.1. The van der Waals surface area contributed by atoms with E-state index in [1.165, 1.54) is 4.90 Å². The third kappa shape index (κ3) is 4.41. The standard InChI is InChI=1S/C26H22N4O3/c1-17-23(25(31)28-20-6-4-3-5-7-20)24(19-10-8-18(16-27)9-11-19)29-26(32)30(17)21-12-14-22(33-2)15-13-21/h3-15,24H,1-2H3,(H,28,31)(H,29,32)/t24-/m0/s1. The SMILES string of the molecule is COc1ccc(N2C(=O)N[C@@H](c3ccc(C#N)cc3)C(C(=O)Nc3ccccc3)=C2C)cc1. The summed E-state index contributed by atoms with van der Waals surface area (Å²) in [6.07, 6.45) is 0. The van der Waals surface area contributed by atoms with Crippen LogP contribution in [0.3, 0.4) is 0 Å². The van der Waals surface area contributed by atoms with Gasteiger partial charge in [-0.15, -0.1) is 0 Å². The van der Waals surface area contributed by atoms with Crippen LogP contribution in [0.5, 0.6) is 5.75 Å². The number of carbonyl (C=O) groups is 2. The molecule has 4 rings (SSSR count). The van der Waals surface area contributed by atoms with Crippen LogP contribution in [0.1, 0.15) is 24.1 Å². The fraction of sp³-hybridized carbons (Fsp3) is 0.115. The minimum atomic E-state index is -0.677. The maximum absolute atomic E-state index is 13.4. The van der Waals surface area contributed by atoms with E-state index in [0.717, 1.165) is 0 Å². The summed E-state index contributed by atoms with van der Waals surface area (Å²) in [6.45, 7) is 1.75. The van der Waals surface area contributed by atoms with Gasteiger partial charge in [-0.3, -0.25) is 9.69 Å². The lowest BCUT2D eigenvalue weighted by molar-refractivity contribution is -0.113. The van der Waals surface area contributed by atoms with Gasteiger partial charge in [0, 0.05) is 11.4 Å². The van der Waals surface area contributed by atoms with Crippen LogP contribution in [0.2, 0.25) is 0 Å². The molecule has 3 aromatic carbocycles. The number of nitrogens with zero attached hydrogens (tertiary/aromatic N) is 2. The first-order valence-electron chi connectivity index (χ1n) is 10.3. The number of nitriles is 1. The van der Waals surface area contributed by atoms with Gasteiger partial charge in [0.1, 0.15) is 5.75 Å². The first-order valence-corrected chi connectivity index (χ1v) is 10.3. The molecule has 0 aliphatic carbocycles. The van der Waals surface area contributed by atoms with Crippen LogP contribution in [0.15, 0.2) is 90.1 Å². The Balaban J connectivity index is 1.79. The lowest BCUT2D eigenvalue weighted by Gasteiger charge is -2.35. The fourth-order valence-electron chi connectivity index (χ4n) is 3.80. The average Bonchev–Trinajstić information content (AvgIpc) is 2.84. The van der Waals surface area contributed by atoms with Crippen molar-refractivity contribution in [1.82, 2.24) is 5.32 Å². The van der Waals surface area contributed by atoms with Gasteiger partial charge in [-0.2, -0.15) is 5.26 Å². The Morgan fingerprint density at radius 1 is 1.03 bits per heavy atom. The topological polar surface area (TPSA) is 94.5 Å². The lowest BCUT2D eigenvalue weighted by atomic mass is 9.93. The molecule has 7 nitrogen and oxygen atoms in total. The van der Waals surface area contributed by atoms with Gasteiger partial charge in [0.25, 0.3) is 5.91 Å². The van der Waals surface area contributed by atoms with Gasteiger partial charge < -0.3 is 15.4 Å². The number of ether oxygens (including phenoxy) is 1. The monoisotopic (exact) mass is 438 g/mol. The van der Waals surface area contributed by atoms with E-state index in [4.69, 9.17) is 10.00 Å². The second kappa shape index (κ2) is 9.28. The molecule has 0 fully saturated rings. The van der Waals surface area contributed by atoms with Crippen molar-refractivity contribution in [3.8, 4) is 11.8 Å². The number of hydrogen-bond donors (Lipinski definition) is 2. The molecule has 1 aliphatic rings. The molecule has 0 saturated heterocycles. The van der Waals surface area contributed by atoms with Gasteiger partial charge in [-0.05, 0) is 61.0 Å². The molecule has 0 bridgehead atoms. The predicted octanol–water partition coefficient (Wildman–Crippen LogP) is 4.75. The number of urea groups is 1. The largest absolute Gasteiger partial charge is 0.497 e. The lowest BCUT2D eigenvalue weighted by Crippen LogP contribution is -2.48. The molecule has 164 valence electrons. The summed E-state index contributed by atoms with van der Waals surface area (Å²) in [7, 11) is 1.57. The molecule has 0 saturated carbocycles. The van der Waals surface area contributed by atoms with Crippen LogP contribution in [0.25, 0.3) is 0 Å². The summed E-state index contributed by atoms with van der Waals surface area (Å²) in [5.41, 5.74) is 3.36. The molecule has 0 aromatic heterocycles. The van der Waals surface area contributed by atoms with Crippen molar-refractivity contribution in [2.24, 2.45) is 0 Å². The molecule has 0 spiro atoms. The zero-order valence-corrected chi connectivity index (χ0v) is 18.2. The number of amides is 3. The van der Waals surface area contributed by atoms with Crippen LogP contribution in [-0.4, -0.2) is 19.0 Å². The highest BCUT2D eigenvalue weighted by atomic mass is 16.5. The number of hydrogen-bond acceptors (Lipinski definition) is 4. The minimum absolute atomic E-state index is 0.327.